The molecule has 2 N–H and O–H groups in total. The summed E-state index contributed by atoms with van der Waals surface area (Å²) in [4.78, 5) is 22.2. The number of benzene rings is 2. The minimum Gasteiger partial charge on any atom is -0.493 e. The SMILES string of the molecule is COc1cccc(CNC(=O)CCC(=O)O)c1OCc1ccc(F)cc1. The summed E-state index contributed by atoms with van der Waals surface area (Å²) >= 11 is 0. The van der Waals surface area contributed by atoms with Crippen molar-refractivity contribution in [2.75, 3.05) is 7.11 Å². The molecule has 0 fully saturated rings. The first kappa shape index (κ1) is 19.2. The Morgan fingerprint density at radius 1 is 1.12 bits per heavy atom. The molecule has 0 radical (unpaired) electrons. The van der Waals surface area contributed by atoms with E-state index in [0.717, 1.165) is 5.56 Å². The summed E-state index contributed by atoms with van der Waals surface area (Å²) in [5, 5.41) is 11.3. The molecular formula is C19H20FNO5. The number of methoxy groups -OCH3 is 1. The van der Waals surface area contributed by atoms with Crippen LogP contribution >= 0.6 is 0 Å². The van der Waals surface area contributed by atoms with Gasteiger partial charge in [-0.2, -0.15) is 0 Å². The van der Waals surface area contributed by atoms with Crippen LogP contribution < -0.4 is 14.8 Å². The van der Waals surface area contributed by atoms with Gasteiger partial charge < -0.3 is 19.9 Å². The molecule has 2 aromatic carbocycles. The average molecular weight is 361 g/mol. The van der Waals surface area contributed by atoms with E-state index >= 15 is 0 Å². The molecule has 0 aliphatic heterocycles. The summed E-state index contributed by atoms with van der Waals surface area (Å²) in [7, 11) is 1.51. The average Bonchev–Trinajstić information content (AvgIpc) is 2.64. The van der Waals surface area contributed by atoms with Gasteiger partial charge in [0.25, 0.3) is 0 Å². The van der Waals surface area contributed by atoms with Gasteiger partial charge in [0.05, 0.1) is 13.5 Å². The third-order valence-electron chi connectivity index (χ3n) is 3.62. The first-order valence-electron chi connectivity index (χ1n) is 8.01. The fourth-order valence-electron chi connectivity index (χ4n) is 2.26. The number of rotatable bonds is 9. The van der Waals surface area contributed by atoms with E-state index in [1.54, 1.807) is 30.3 Å². The lowest BCUT2D eigenvalue weighted by molar-refractivity contribution is -0.138. The molecule has 0 heterocycles. The first-order chi connectivity index (χ1) is 12.5. The van der Waals surface area contributed by atoms with Crippen LogP contribution in [0.4, 0.5) is 4.39 Å². The number of hydrogen-bond acceptors (Lipinski definition) is 4. The second-order valence-corrected chi connectivity index (χ2v) is 5.53. The predicted octanol–water partition coefficient (Wildman–Crippen LogP) is 2.89. The zero-order chi connectivity index (χ0) is 18.9. The second kappa shape index (κ2) is 9.41. The molecule has 0 saturated carbocycles. The Balaban J connectivity index is 2.05. The lowest BCUT2D eigenvalue weighted by Gasteiger charge is -2.15. The largest absolute Gasteiger partial charge is 0.493 e. The standard InChI is InChI=1S/C19H20FNO5/c1-25-16-4-2-3-14(11-21-17(22)9-10-18(23)24)19(16)26-12-13-5-7-15(20)8-6-13/h2-8H,9-12H2,1H3,(H,21,22)(H,23,24). The third-order valence-corrected chi connectivity index (χ3v) is 3.62. The summed E-state index contributed by atoms with van der Waals surface area (Å²) in [6, 6.07) is 11.2. The van der Waals surface area contributed by atoms with E-state index in [1.165, 1.54) is 19.2 Å². The maximum absolute atomic E-state index is 13.0. The Hall–Kier alpha value is -3.09. The molecule has 0 saturated heterocycles. The number of para-hydroxylation sites is 1. The number of carbonyl (C=O) groups excluding carboxylic acids is 1. The second-order valence-electron chi connectivity index (χ2n) is 5.53. The van der Waals surface area contributed by atoms with Crippen LogP contribution in [0.3, 0.4) is 0 Å². The number of carboxylic acids is 1. The summed E-state index contributed by atoms with van der Waals surface area (Å²) in [6.07, 6.45) is -0.317. The van der Waals surface area contributed by atoms with Crippen LogP contribution in [0.2, 0.25) is 0 Å². The van der Waals surface area contributed by atoms with Gasteiger partial charge in [-0.15, -0.1) is 0 Å². The van der Waals surface area contributed by atoms with E-state index in [9.17, 15) is 14.0 Å². The minimum absolute atomic E-state index is 0.0922. The quantitative estimate of drug-likeness (QED) is 0.717. The van der Waals surface area contributed by atoms with Crippen LogP contribution in [0.5, 0.6) is 11.5 Å². The van der Waals surface area contributed by atoms with Gasteiger partial charge in [-0.3, -0.25) is 9.59 Å². The molecule has 0 bridgehead atoms. The number of ether oxygens (including phenoxy) is 2. The molecular weight excluding hydrogens is 341 g/mol. The molecule has 0 aromatic heterocycles. The number of hydrogen-bond donors (Lipinski definition) is 2. The van der Waals surface area contributed by atoms with Crippen LogP contribution in [0.25, 0.3) is 0 Å². The van der Waals surface area contributed by atoms with Crippen molar-refractivity contribution in [3.8, 4) is 11.5 Å². The molecule has 2 rings (SSSR count). The van der Waals surface area contributed by atoms with Crippen molar-refractivity contribution in [1.82, 2.24) is 5.32 Å². The Labute approximate surface area is 150 Å². The summed E-state index contributed by atoms with van der Waals surface area (Å²) in [5.74, 6) is -0.734. The van der Waals surface area contributed by atoms with Crippen molar-refractivity contribution in [1.29, 1.82) is 0 Å². The highest BCUT2D eigenvalue weighted by Crippen LogP contribution is 2.31. The number of halogens is 1. The van der Waals surface area contributed by atoms with Crippen molar-refractivity contribution in [3.63, 3.8) is 0 Å². The van der Waals surface area contributed by atoms with Crippen LogP contribution in [0.1, 0.15) is 24.0 Å². The van der Waals surface area contributed by atoms with Gasteiger partial charge in [0.1, 0.15) is 12.4 Å². The van der Waals surface area contributed by atoms with Gasteiger partial charge in [-0.05, 0) is 23.8 Å². The number of carboxylic acid groups (broad SMARTS) is 1. The van der Waals surface area contributed by atoms with Crippen molar-refractivity contribution in [2.45, 2.75) is 26.0 Å². The molecule has 1 amide bonds. The monoisotopic (exact) mass is 361 g/mol. The molecule has 0 atom stereocenters. The van der Waals surface area contributed by atoms with Crippen LogP contribution in [-0.4, -0.2) is 24.1 Å². The van der Waals surface area contributed by atoms with Crippen molar-refractivity contribution >= 4 is 11.9 Å². The van der Waals surface area contributed by atoms with Crippen molar-refractivity contribution < 1.29 is 28.6 Å². The summed E-state index contributed by atoms with van der Waals surface area (Å²) in [6.45, 7) is 0.384. The molecule has 6 nitrogen and oxygen atoms in total. The van der Waals surface area contributed by atoms with Crippen molar-refractivity contribution in [3.05, 3.63) is 59.4 Å². The Bertz CT molecular complexity index is 761. The molecule has 0 spiro atoms. The molecule has 0 aliphatic carbocycles. The van der Waals surface area contributed by atoms with Crippen molar-refractivity contribution in [2.24, 2.45) is 0 Å². The van der Waals surface area contributed by atoms with Gasteiger partial charge in [-0.25, -0.2) is 4.39 Å². The maximum Gasteiger partial charge on any atom is 0.303 e. The topological polar surface area (TPSA) is 84.9 Å². The molecule has 0 aliphatic rings. The smallest absolute Gasteiger partial charge is 0.303 e. The number of nitrogens with one attached hydrogen (secondary N) is 1. The minimum atomic E-state index is -1.02. The van der Waals surface area contributed by atoms with Crippen LogP contribution in [0.15, 0.2) is 42.5 Å². The van der Waals surface area contributed by atoms with Gasteiger partial charge in [0.2, 0.25) is 5.91 Å². The Morgan fingerprint density at radius 3 is 2.50 bits per heavy atom. The fraction of sp³-hybridized carbons (Fsp3) is 0.263. The van der Waals surface area contributed by atoms with E-state index in [-0.39, 0.29) is 37.7 Å². The zero-order valence-corrected chi connectivity index (χ0v) is 14.3. The normalized spacial score (nSPS) is 10.2. The Morgan fingerprint density at radius 2 is 1.85 bits per heavy atom. The number of aliphatic carboxylic acids is 1. The van der Waals surface area contributed by atoms with Gasteiger partial charge >= 0.3 is 5.97 Å². The van der Waals surface area contributed by atoms with Gasteiger partial charge in [-0.1, -0.05) is 24.3 Å². The molecule has 2 aromatic rings. The maximum atomic E-state index is 13.0. The zero-order valence-electron chi connectivity index (χ0n) is 14.3. The first-order valence-corrected chi connectivity index (χ1v) is 8.01. The molecule has 138 valence electrons. The van der Waals surface area contributed by atoms with E-state index < -0.39 is 5.97 Å². The van der Waals surface area contributed by atoms with Gasteiger partial charge in [0.15, 0.2) is 11.5 Å². The summed E-state index contributed by atoms with van der Waals surface area (Å²) in [5.41, 5.74) is 1.48. The number of amides is 1. The molecule has 26 heavy (non-hydrogen) atoms. The molecule has 7 heteroatoms. The van der Waals surface area contributed by atoms with Crippen LogP contribution in [-0.2, 0) is 22.7 Å². The van der Waals surface area contributed by atoms with E-state index in [4.69, 9.17) is 14.6 Å². The lowest BCUT2D eigenvalue weighted by Crippen LogP contribution is -2.23. The van der Waals surface area contributed by atoms with Gasteiger partial charge in [0, 0.05) is 18.5 Å². The van der Waals surface area contributed by atoms with E-state index in [1.807, 2.05) is 0 Å². The van der Waals surface area contributed by atoms with E-state index in [2.05, 4.69) is 5.32 Å². The van der Waals surface area contributed by atoms with Crippen LogP contribution in [0, 0.1) is 5.82 Å². The lowest BCUT2D eigenvalue weighted by atomic mass is 10.1. The summed E-state index contributed by atoms with van der Waals surface area (Å²) < 4.78 is 24.1. The highest BCUT2D eigenvalue weighted by Gasteiger charge is 2.13. The fourth-order valence-corrected chi connectivity index (χ4v) is 2.26. The number of carbonyl (C=O) groups is 2. The molecule has 0 unspecified atom stereocenters. The highest BCUT2D eigenvalue weighted by atomic mass is 19.1. The predicted molar refractivity (Wildman–Crippen MR) is 92.4 cm³/mol. The Kier molecular flexibility index (Phi) is 6.96. The van der Waals surface area contributed by atoms with E-state index in [0.29, 0.717) is 17.1 Å². The highest BCUT2D eigenvalue weighted by molar-refractivity contribution is 5.80. The third kappa shape index (κ3) is 5.77.